The van der Waals surface area contributed by atoms with Crippen molar-refractivity contribution in [3.63, 3.8) is 0 Å². The van der Waals surface area contributed by atoms with Crippen LogP contribution >= 0.6 is 11.8 Å². The number of hydrogen-bond acceptors (Lipinski definition) is 2. The van der Waals surface area contributed by atoms with E-state index in [0.29, 0.717) is 0 Å². The van der Waals surface area contributed by atoms with Gasteiger partial charge in [-0.25, -0.2) is 0 Å². The maximum Gasteiger partial charge on any atom is 0.0987 e. The van der Waals surface area contributed by atoms with Gasteiger partial charge in [-0.05, 0) is 31.2 Å². The number of benzene rings is 1. The van der Waals surface area contributed by atoms with Crippen LogP contribution in [0.5, 0.6) is 0 Å². The molecule has 1 aliphatic carbocycles. The van der Waals surface area contributed by atoms with Gasteiger partial charge in [0.25, 0.3) is 0 Å². The monoisotopic (exact) mass is 327 g/mol. The van der Waals surface area contributed by atoms with Crippen LogP contribution in [0.4, 0.5) is 0 Å². The fourth-order valence-corrected chi connectivity index (χ4v) is 4.31. The largest absolute Gasteiger partial charge is 0.363 e. The molecule has 0 amide bonds. The molecular weight excluding hydrogens is 302 g/mol. The number of nitrogens with zero attached hydrogens (tertiary/aromatic N) is 3. The molecule has 23 heavy (non-hydrogen) atoms. The molecule has 4 heteroatoms. The van der Waals surface area contributed by atoms with E-state index in [1.807, 2.05) is 11.8 Å². The van der Waals surface area contributed by atoms with Gasteiger partial charge in [-0.15, -0.1) is 11.8 Å². The molecule has 4 rings (SSSR count). The number of thioether (sulfide) groups is 1. The number of para-hydroxylation sites is 1. The molecule has 1 aromatic heterocycles. The molecule has 2 aromatic rings. The molecule has 2 fully saturated rings. The molecule has 1 aliphatic heterocycles. The Bertz CT molecular complexity index is 714. The highest BCUT2D eigenvalue weighted by Crippen LogP contribution is 2.35. The summed E-state index contributed by atoms with van der Waals surface area (Å²) >= 11 is 1.96. The molecule has 0 radical (unpaired) electrons. The summed E-state index contributed by atoms with van der Waals surface area (Å²) in [5.74, 6) is 3.27. The lowest BCUT2D eigenvalue weighted by atomic mass is 10.2. The Hall–Kier alpha value is -1.42. The summed E-state index contributed by atoms with van der Waals surface area (Å²) in [7, 11) is 2.16. The van der Waals surface area contributed by atoms with Crippen molar-refractivity contribution < 1.29 is 0 Å². The zero-order valence-corrected chi connectivity index (χ0v) is 14.7. The Morgan fingerprint density at radius 2 is 2.13 bits per heavy atom. The summed E-state index contributed by atoms with van der Waals surface area (Å²) in [6.07, 6.45) is 7.58. The minimum absolute atomic E-state index is 0.910. The summed E-state index contributed by atoms with van der Waals surface area (Å²) in [4.78, 5) is 8.50. The molecule has 2 aliphatic rings. The molecule has 1 aromatic carbocycles. The number of rotatable bonds is 6. The van der Waals surface area contributed by atoms with Crippen molar-refractivity contribution in [1.82, 2.24) is 9.47 Å². The topological polar surface area (TPSA) is 20.5 Å². The highest BCUT2D eigenvalue weighted by atomic mass is 32.2. The third kappa shape index (κ3) is 3.42. The molecule has 0 spiro atoms. The van der Waals surface area contributed by atoms with Crippen LogP contribution < -0.4 is 0 Å². The predicted octanol–water partition coefficient (Wildman–Crippen LogP) is 4.27. The smallest absolute Gasteiger partial charge is 0.0987 e. The van der Waals surface area contributed by atoms with E-state index < -0.39 is 0 Å². The Kier molecular flexibility index (Phi) is 4.34. The minimum atomic E-state index is 0.910. The second kappa shape index (κ2) is 6.60. The van der Waals surface area contributed by atoms with Crippen molar-refractivity contribution >= 4 is 28.5 Å². The zero-order chi connectivity index (χ0) is 15.6. The molecule has 122 valence electrons. The van der Waals surface area contributed by atoms with Crippen molar-refractivity contribution in [3.05, 3.63) is 30.5 Å². The van der Waals surface area contributed by atoms with Gasteiger partial charge in [-0.2, -0.15) is 0 Å². The lowest BCUT2D eigenvalue weighted by Gasteiger charge is -2.10. The quantitative estimate of drug-likeness (QED) is 0.583. The van der Waals surface area contributed by atoms with Crippen molar-refractivity contribution in [2.75, 3.05) is 25.9 Å². The molecule has 1 saturated heterocycles. The van der Waals surface area contributed by atoms with Crippen LogP contribution in [0.1, 0.15) is 25.7 Å². The average Bonchev–Trinajstić information content (AvgIpc) is 3.19. The van der Waals surface area contributed by atoms with E-state index in [-0.39, 0.29) is 0 Å². The summed E-state index contributed by atoms with van der Waals surface area (Å²) in [6, 6.07) is 8.83. The van der Waals surface area contributed by atoms with Crippen molar-refractivity contribution in [1.29, 1.82) is 0 Å². The standard InChI is InChI=1S/C19H25N3S/c1-21-11-4-7-19(21)20-10-12-23-18-14-22(13-15-8-9-15)17-6-3-2-5-16(17)18/h2-3,5-6,14-15H,4,7-13H2,1H3/b20-19+. The Balaban J connectivity index is 1.43. The SMILES string of the molecule is CN1CCC/C1=N\CCSc1cn(CC2CC2)c2ccccc12. The van der Waals surface area contributed by atoms with Gasteiger partial charge in [0.2, 0.25) is 0 Å². The summed E-state index contributed by atoms with van der Waals surface area (Å²) < 4.78 is 2.46. The lowest BCUT2D eigenvalue weighted by Crippen LogP contribution is -2.19. The van der Waals surface area contributed by atoms with Gasteiger partial charge in [0.05, 0.1) is 12.4 Å². The molecule has 0 N–H and O–H groups in total. The van der Waals surface area contributed by atoms with Crippen LogP contribution in [0.3, 0.4) is 0 Å². The van der Waals surface area contributed by atoms with Gasteiger partial charge >= 0.3 is 0 Å². The van der Waals surface area contributed by atoms with Crippen LogP contribution in [0.15, 0.2) is 40.4 Å². The normalized spacial score (nSPS) is 20.0. The van der Waals surface area contributed by atoms with Gasteiger partial charge in [0, 0.05) is 54.3 Å². The first-order valence-corrected chi connectivity index (χ1v) is 9.75. The highest BCUT2D eigenvalue weighted by molar-refractivity contribution is 7.99. The van der Waals surface area contributed by atoms with Crippen molar-refractivity contribution in [2.24, 2.45) is 10.9 Å². The first-order valence-electron chi connectivity index (χ1n) is 8.76. The Morgan fingerprint density at radius 1 is 1.26 bits per heavy atom. The van der Waals surface area contributed by atoms with Crippen LogP contribution in [-0.2, 0) is 6.54 Å². The van der Waals surface area contributed by atoms with Crippen molar-refractivity contribution in [3.8, 4) is 0 Å². The van der Waals surface area contributed by atoms with E-state index in [0.717, 1.165) is 24.6 Å². The summed E-state index contributed by atoms with van der Waals surface area (Å²) in [5, 5.41) is 1.41. The zero-order valence-electron chi connectivity index (χ0n) is 13.9. The second-order valence-corrected chi connectivity index (χ2v) is 7.91. The number of aliphatic imine (C=N–C) groups is 1. The molecule has 0 atom stereocenters. The lowest BCUT2D eigenvalue weighted by molar-refractivity contribution is 0.548. The number of hydrogen-bond donors (Lipinski definition) is 0. The first-order chi connectivity index (χ1) is 11.3. The summed E-state index contributed by atoms with van der Waals surface area (Å²) in [5.41, 5.74) is 1.39. The van der Waals surface area contributed by atoms with Gasteiger partial charge in [0.15, 0.2) is 0 Å². The number of amidine groups is 1. The maximum atomic E-state index is 4.78. The number of likely N-dealkylation sites (tertiary alicyclic amines) is 1. The third-order valence-electron chi connectivity index (χ3n) is 4.88. The fourth-order valence-electron chi connectivity index (χ4n) is 3.38. The molecule has 3 nitrogen and oxygen atoms in total. The molecule has 0 unspecified atom stereocenters. The fraction of sp³-hybridized carbons (Fsp3) is 0.526. The van der Waals surface area contributed by atoms with Gasteiger partial charge < -0.3 is 9.47 Å². The van der Waals surface area contributed by atoms with Crippen LogP contribution in [0.25, 0.3) is 10.9 Å². The molecular formula is C19H25N3S. The minimum Gasteiger partial charge on any atom is -0.363 e. The van der Waals surface area contributed by atoms with E-state index in [2.05, 4.69) is 47.0 Å². The molecule has 2 heterocycles. The third-order valence-corrected chi connectivity index (χ3v) is 5.90. The van der Waals surface area contributed by atoms with E-state index >= 15 is 0 Å². The predicted molar refractivity (Wildman–Crippen MR) is 99.6 cm³/mol. The number of fused-ring (bicyclic) bond motifs is 1. The van der Waals surface area contributed by atoms with Crippen LogP contribution in [0.2, 0.25) is 0 Å². The van der Waals surface area contributed by atoms with Crippen LogP contribution in [-0.4, -0.2) is 41.2 Å². The second-order valence-electron chi connectivity index (χ2n) is 6.78. The maximum absolute atomic E-state index is 4.78. The van der Waals surface area contributed by atoms with E-state index in [9.17, 15) is 0 Å². The Morgan fingerprint density at radius 3 is 2.91 bits per heavy atom. The van der Waals surface area contributed by atoms with E-state index in [1.165, 1.54) is 54.0 Å². The van der Waals surface area contributed by atoms with Gasteiger partial charge in [-0.3, -0.25) is 4.99 Å². The first kappa shape index (κ1) is 15.1. The molecule has 1 saturated carbocycles. The van der Waals surface area contributed by atoms with Gasteiger partial charge in [0.1, 0.15) is 0 Å². The molecule has 0 bridgehead atoms. The number of aromatic nitrogens is 1. The van der Waals surface area contributed by atoms with Crippen molar-refractivity contribution in [2.45, 2.75) is 37.1 Å². The van der Waals surface area contributed by atoms with Gasteiger partial charge in [-0.1, -0.05) is 18.2 Å². The highest BCUT2D eigenvalue weighted by Gasteiger charge is 2.22. The van der Waals surface area contributed by atoms with E-state index in [4.69, 9.17) is 4.99 Å². The summed E-state index contributed by atoms with van der Waals surface area (Å²) in [6.45, 7) is 3.28. The van der Waals surface area contributed by atoms with Crippen LogP contribution in [0, 0.1) is 5.92 Å². The average molecular weight is 327 g/mol. The Labute approximate surface area is 142 Å². The van der Waals surface area contributed by atoms with E-state index in [1.54, 1.807) is 0 Å².